The van der Waals surface area contributed by atoms with E-state index in [2.05, 4.69) is 16.8 Å². The van der Waals surface area contributed by atoms with Crippen LogP contribution in [0.25, 0.3) is 11.3 Å². The Kier molecular flexibility index (Phi) is 4.00. The molecule has 1 aliphatic heterocycles. The predicted molar refractivity (Wildman–Crippen MR) is 83.2 cm³/mol. The highest BCUT2D eigenvalue weighted by molar-refractivity contribution is 7.16. The second-order valence-electron chi connectivity index (χ2n) is 5.08. The number of hydrogen-bond acceptors (Lipinski definition) is 5. The van der Waals surface area contributed by atoms with Crippen molar-refractivity contribution in [2.75, 3.05) is 38.1 Å². The standard InChI is InChI=1S/C15H19N3OS/c1-17-7-9-18(10-8-17)15-16-14(13(11-19)20-15)12-5-3-2-4-6-12/h2-6,19H,7-11H2,1H3. The van der Waals surface area contributed by atoms with Gasteiger partial charge in [-0.1, -0.05) is 41.7 Å². The first-order valence-corrected chi connectivity index (χ1v) is 7.69. The van der Waals surface area contributed by atoms with Crippen LogP contribution in [0.5, 0.6) is 0 Å². The van der Waals surface area contributed by atoms with Gasteiger partial charge >= 0.3 is 0 Å². The van der Waals surface area contributed by atoms with Crippen molar-refractivity contribution in [3.63, 3.8) is 0 Å². The van der Waals surface area contributed by atoms with E-state index in [0.717, 1.165) is 47.4 Å². The first-order chi connectivity index (χ1) is 9.78. The summed E-state index contributed by atoms with van der Waals surface area (Å²) in [6.07, 6.45) is 0. The summed E-state index contributed by atoms with van der Waals surface area (Å²) in [5.41, 5.74) is 2.00. The van der Waals surface area contributed by atoms with E-state index < -0.39 is 0 Å². The quantitative estimate of drug-likeness (QED) is 0.939. The number of hydrogen-bond donors (Lipinski definition) is 1. The van der Waals surface area contributed by atoms with Gasteiger partial charge in [-0.05, 0) is 7.05 Å². The van der Waals surface area contributed by atoms with Gasteiger partial charge in [0.15, 0.2) is 5.13 Å². The van der Waals surface area contributed by atoms with E-state index in [1.807, 2.05) is 30.3 Å². The summed E-state index contributed by atoms with van der Waals surface area (Å²) in [6.45, 7) is 4.19. The highest BCUT2D eigenvalue weighted by atomic mass is 32.1. The van der Waals surface area contributed by atoms with Gasteiger partial charge in [-0.3, -0.25) is 0 Å². The van der Waals surface area contributed by atoms with Crippen molar-refractivity contribution >= 4 is 16.5 Å². The number of aliphatic hydroxyl groups is 1. The summed E-state index contributed by atoms with van der Waals surface area (Å²) in [5.74, 6) is 0. The maximum absolute atomic E-state index is 9.58. The second-order valence-corrected chi connectivity index (χ2v) is 6.14. The fraction of sp³-hybridized carbons (Fsp3) is 0.400. The zero-order valence-electron chi connectivity index (χ0n) is 11.6. The molecule has 106 valence electrons. The number of likely N-dealkylation sites (N-methyl/N-ethyl adjacent to an activating group) is 1. The number of anilines is 1. The monoisotopic (exact) mass is 289 g/mol. The maximum atomic E-state index is 9.58. The van der Waals surface area contributed by atoms with Gasteiger partial charge in [-0.2, -0.15) is 0 Å². The van der Waals surface area contributed by atoms with Crippen molar-refractivity contribution in [3.8, 4) is 11.3 Å². The predicted octanol–water partition coefficient (Wildman–Crippen LogP) is 2.05. The molecule has 3 rings (SSSR count). The number of aliphatic hydroxyl groups excluding tert-OH is 1. The molecule has 0 bridgehead atoms. The Morgan fingerprint density at radius 3 is 2.50 bits per heavy atom. The summed E-state index contributed by atoms with van der Waals surface area (Å²) in [6, 6.07) is 10.1. The van der Waals surface area contributed by atoms with E-state index in [4.69, 9.17) is 4.98 Å². The van der Waals surface area contributed by atoms with E-state index in [0.29, 0.717) is 0 Å². The molecule has 1 aliphatic rings. The van der Waals surface area contributed by atoms with E-state index in [9.17, 15) is 5.11 Å². The van der Waals surface area contributed by atoms with Crippen molar-refractivity contribution < 1.29 is 5.11 Å². The van der Waals surface area contributed by atoms with Gasteiger partial charge in [-0.15, -0.1) is 0 Å². The molecular formula is C15H19N3OS. The third kappa shape index (κ3) is 2.70. The van der Waals surface area contributed by atoms with Crippen LogP contribution in [-0.4, -0.2) is 48.2 Å². The van der Waals surface area contributed by atoms with E-state index in [1.54, 1.807) is 11.3 Å². The van der Waals surface area contributed by atoms with Gasteiger partial charge in [0.1, 0.15) is 0 Å². The molecule has 0 unspecified atom stereocenters. The molecule has 1 saturated heterocycles. The number of aromatic nitrogens is 1. The molecule has 0 atom stereocenters. The molecule has 1 N–H and O–H groups in total. The summed E-state index contributed by atoms with van der Waals surface area (Å²) >= 11 is 1.61. The molecule has 1 aromatic carbocycles. The summed E-state index contributed by atoms with van der Waals surface area (Å²) < 4.78 is 0. The largest absolute Gasteiger partial charge is 0.391 e. The van der Waals surface area contributed by atoms with Gasteiger partial charge in [0, 0.05) is 31.7 Å². The van der Waals surface area contributed by atoms with Crippen LogP contribution in [0, 0.1) is 0 Å². The average Bonchev–Trinajstić information content (AvgIpc) is 2.93. The van der Waals surface area contributed by atoms with Crippen molar-refractivity contribution in [2.45, 2.75) is 6.61 Å². The third-order valence-electron chi connectivity index (χ3n) is 3.65. The van der Waals surface area contributed by atoms with E-state index >= 15 is 0 Å². The van der Waals surface area contributed by atoms with Crippen LogP contribution in [0.1, 0.15) is 4.88 Å². The minimum absolute atomic E-state index is 0.0512. The fourth-order valence-electron chi connectivity index (χ4n) is 2.40. The van der Waals surface area contributed by atoms with Crippen LogP contribution in [0.15, 0.2) is 30.3 Å². The minimum atomic E-state index is 0.0512. The van der Waals surface area contributed by atoms with Crippen LogP contribution in [0.2, 0.25) is 0 Å². The molecule has 0 amide bonds. The number of rotatable bonds is 3. The molecule has 0 aliphatic carbocycles. The molecular weight excluding hydrogens is 270 g/mol. The Morgan fingerprint density at radius 2 is 1.85 bits per heavy atom. The lowest BCUT2D eigenvalue weighted by Gasteiger charge is -2.32. The van der Waals surface area contributed by atoms with Crippen molar-refractivity contribution in [2.24, 2.45) is 0 Å². The van der Waals surface area contributed by atoms with Crippen molar-refractivity contribution in [3.05, 3.63) is 35.2 Å². The van der Waals surface area contributed by atoms with Crippen LogP contribution >= 0.6 is 11.3 Å². The first kappa shape index (κ1) is 13.5. The second kappa shape index (κ2) is 5.91. The summed E-state index contributed by atoms with van der Waals surface area (Å²) in [4.78, 5) is 10.4. The third-order valence-corrected chi connectivity index (χ3v) is 4.75. The topological polar surface area (TPSA) is 39.6 Å². The van der Waals surface area contributed by atoms with Crippen LogP contribution in [0.4, 0.5) is 5.13 Å². The normalized spacial score (nSPS) is 16.6. The van der Waals surface area contributed by atoms with Crippen molar-refractivity contribution in [1.29, 1.82) is 0 Å². The highest BCUT2D eigenvalue weighted by Crippen LogP contribution is 2.33. The maximum Gasteiger partial charge on any atom is 0.186 e. The van der Waals surface area contributed by atoms with Gasteiger partial charge in [-0.25, -0.2) is 4.98 Å². The fourth-order valence-corrected chi connectivity index (χ4v) is 3.39. The molecule has 2 aromatic rings. The Morgan fingerprint density at radius 1 is 1.15 bits per heavy atom. The van der Waals surface area contributed by atoms with Crippen LogP contribution in [-0.2, 0) is 6.61 Å². The van der Waals surface area contributed by atoms with Gasteiger partial charge in [0.2, 0.25) is 0 Å². The number of thiazole rings is 1. The van der Waals surface area contributed by atoms with E-state index in [-0.39, 0.29) is 6.61 Å². The lowest BCUT2D eigenvalue weighted by Crippen LogP contribution is -2.44. The van der Waals surface area contributed by atoms with Crippen LogP contribution in [0.3, 0.4) is 0 Å². The van der Waals surface area contributed by atoms with Gasteiger partial charge in [0.25, 0.3) is 0 Å². The molecule has 2 heterocycles. The molecule has 20 heavy (non-hydrogen) atoms. The lowest BCUT2D eigenvalue weighted by atomic mass is 10.1. The Hall–Kier alpha value is -1.43. The van der Waals surface area contributed by atoms with E-state index in [1.165, 1.54) is 0 Å². The SMILES string of the molecule is CN1CCN(c2nc(-c3ccccc3)c(CO)s2)CC1. The molecule has 1 aromatic heterocycles. The smallest absolute Gasteiger partial charge is 0.186 e. The molecule has 5 heteroatoms. The van der Waals surface area contributed by atoms with Gasteiger partial charge < -0.3 is 14.9 Å². The zero-order chi connectivity index (χ0) is 13.9. The summed E-state index contributed by atoms with van der Waals surface area (Å²) in [7, 11) is 2.15. The first-order valence-electron chi connectivity index (χ1n) is 6.87. The molecule has 0 spiro atoms. The Balaban J connectivity index is 1.89. The number of benzene rings is 1. The minimum Gasteiger partial charge on any atom is -0.391 e. The Labute approximate surface area is 123 Å². The van der Waals surface area contributed by atoms with Gasteiger partial charge in [0.05, 0.1) is 17.2 Å². The van der Waals surface area contributed by atoms with Crippen LogP contribution < -0.4 is 4.90 Å². The number of piperazine rings is 1. The molecule has 0 radical (unpaired) electrons. The van der Waals surface area contributed by atoms with Crippen molar-refractivity contribution in [1.82, 2.24) is 9.88 Å². The Bertz CT molecular complexity index is 562. The number of nitrogens with zero attached hydrogens (tertiary/aromatic N) is 3. The lowest BCUT2D eigenvalue weighted by molar-refractivity contribution is 0.286. The molecule has 0 saturated carbocycles. The zero-order valence-corrected chi connectivity index (χ0v) is 12.4. The molecule has 4 nitrogen and oxygen atoms in total. The summed E-state index contributed by atoms with van der Waals surface area (Å²) in [5, 5.41) is 10.6. The molecule has 1 fully saturated rings. The highest BCUT2D eigenvalue weighted by Gasteiger charge is 2.20. The average molecular weight is 289 g/mol.